The van der Waals surface area contributed by atoms with Gasteiger partial charge in [0, 0.05) is 22.8 Å². The van der Waals surface area contributed by atoms with Crippen LogP contribution in [0.4, 0.5) is 0 Å². The van der Waals surface area contributed by atoms with E-state index in [0.29, 0.717) is 12.2 Å². The standard InChI is InChI=1S/C16H16N2OS/c1-11-5-6-14-12(8-11)9-15(18(14)2)16(19)17-10-13-4-3-7-20-13/h3-9H,10H2,1-2H3,(H,17,19). The number of carbonyl (C=O) groups excluding carboxylic acids is 1. The molecule has 20 heavy (non-hydrogen) atoms. The van der Waals surface area contributed by atoms with Crippen LogP contribution in [0.5, 0.6) is 0 Å². The van der Waals surface area contributed by atoms with Crippen molar-refractivity contribution in [3.63, 3.8) is 0 Å². The maximum Gasteiger partial charge on any atom is 0.268 e. The first-order valence-electron chi connectivity index (χ1n) is 6.52. The molecule has 1 aromatic carbocycles. The lowest BCUT2D eigenvalue weighted by atomic mass is 10.2. The largest absolute Gasteiger partial charge is 0.346 e. The summed E-state index contributed by atoms with van der Waals surface area (Å²) in [4.78, 5) is 13.4. The number of hydrogen-bond donors (Lipinski definition) is 1. The van der Waals surface area contributed by atoms with Gasteiger partial charge < -0.3 is 9.88 Å². The number of aryl methyl sites for hydroxylation is 2. The van der Waals surface area contributed by atoms with E-state index >= 15 is 0 Å². The van der Waals surface area contributed by atoms with Crippen LogP contribution >= 0.6 is 11.3 Å². The molecule has 1 N–H and O–H groups in total. The Morgan fingerprint density at radius 3 is 2.90 bits per heavy atom. The topological polar surface area (TPSA) is 34.0 Å². The van der Waals surface area contributed by atoms with Crippen molar-refractivity contribution >= 4 is 28.1 Å². The minimum Gasteiger partial charge on any atom is -0.346 e. The lowest BCUT2D eigenvalue weighted by Gasteiger charge is -2.05. The Labute approximate surface area is 121 Å². The predicted molar refractivity (Wildman–Crippen MR) is 83.1 cm³/mol. The van der Waals surface area contributed by atoms with Gasteiger partial charge in [-0.1, -0.05) is 17.7 Å². The van der Waals surface area contributed by atoms with E-state index in [-0.39, 0.29) is 5.91 Å². The lowest BCUT2D eigenvalue weighted by molar-refractivity contribution is 0.0943. The molecule has 0 saturated heterocycles. The lowest BCUT2D eigenvalue weighted by Crippen LogP contribution is -2.24. The molecule has 0 fully saturated rings. The molecule has 0 aliphatic rings. The van der Waals surface area contributed by atoms with Gasteiger partial charge in [0.25, 0.3) is 5.91 Å². The quantitative estimate of drug-likeness (QED) is 0.785. The number of amides is 1. The number of fused-ring (bicyclic) bond motifs is 1. The molecule has 0 spiro atoms. The third kappa shape index (κ3) is 2.34. The molecule has 1 amide bonds. The number of nitrogens with zero attached hydrogens (tertiary/aromatic N) is 1. The van der Waals surface area contributed by atoms with Gasteiger partial charge in [-0.05, 0) is 36.6 Å². The smallest absolute Gasteiger partial charge is 0.268 e. The van der Waals surface area contributed by atoms with Crippen molar-refractivity contribution in [1.82, 2.24) is 9.88 Å². The Kier molecular flexibility index (Phi) is 3.32. The van der Waals surface area contributed by atoms with E-state index in [1.54, 1.807) is 11.3 Å². The molecule has 0 saturated carbocycles. The van der Waals surface area contributed by atoms with E-state index in [9.17, 15) is 4.79 Å². The second-order valence-electron chi connectivity index (χ2n) is 4.91. The van der Waals surface area contributed by atoms with Crippen molar-refractivity contribution in [2.24, 2.45) is 7.05 Å². The molecule has 3 aromatic rings. The fourth-order valence-corrected chi connectivity index (χ4v) is 3.00. The number of hydrogen-bond acceptors (Lipinski definition) is 2. The first kappa shape index (κ1) is 12.9. The second-order valence-corrected chi connectivity index (χ2v) is 5.95. The van der Waals surface area contributed by atoms with Crippen LogP contribution in [0.2, 0.25) is 0 Å². The molecular weight excluding hydrogens is 268 g/mol. The number of thiophene rings is 1. The Morgan fingerprint density at radius 1 is 1.30 bits per heavy atom. The third-order valence-corrected chi connectivity index (χ3v) is 4.31. The van der Waals surface area contributed by atoms with Crippen LogP contribution < -0.4 is 5.32 Å². The summed E-state index contributed by atoms with van der Waals surface area (Å²) in [7, 11) is 1.93. The van der Waals surface area contributed by atoms with Crippen molar-refractivity contribution in [2.75, 3.05) is 0 Å². The molecule has 0 unspecified atom stereocenters. The molecule has 0 bridgehead atoms. The maximum atomic E-state index is 12.3. The molecule has 2 aromatic heterocycles. The summed E-state index contributed by atoms with van der Waals surface area (Å²) in [5, 5.41) is 6.09. The van der Waals surface area contributed by atoms with E-state index in [0.717, 1.165) is 15.8 Å². The Bertz CT molecular complexity index is 756. The molecule has 3 rings (SSSR count). The van der Waals surface area contributed by atoms with E-state index in [1.807, 2.05) is 35.2 Å². The average molecular weight is 284 g/mol. The SMILES string of the molecule is Cc1ccc2c(c1)cc(C(=O)NCc1cccs1)n2C. The van der Waals surface area contributed by atoms with Crippen molar-refractivity contribution in [3.8, 4) is 0 Å². The van der Waals surface area contributed by atoms with Gasteiger partial charge in [-0.25, -0.2) is 0 Å². The first-order chi connectivity index (χ1) is 9.65. The van der Waals surface area contributed by atoms with Crippen molar-refractivity contribution < 1.29 is 4.79 Å². The van der Waals surface area contributed by atoms with Crippen LogP contribution in [0, 0.1) is 6.92 Å². The minimum atomic E-state index is -0.0326. The number of aromatic nitrogens is 1. The summed E-state index contributed by atoms with van der Waals surface area (Å²) >= 11 is 1.65. The van der Waals surface area contributed by atoms with Gasteiger partial charge in [-0.3, -0.25) is 4.79 Å². The number of nitrogens with one attached hydrogen (secondary N) is 1. The molecule has 0 aliphatic carbocycles. The molecule has 0 radical (unpaired) electrons. The Morgan fingerprint density at radius 2 is 2.15 bits per heavy atom. The molecule has 0 atom stereocenters. The monoisotopic (exact) mass is 284 g/mol. The van der Waals surface area contributed by atoms with E-state index in [4.69, 9.17) is 0 Å². The molecule has 4 heteroatoms. The molecule has 102 valence electrons. The predicted octanol–water partition coefficient (Wildman–Crippen LogP) is 3.48. The van der Waals surface area contributed by atoms with Gasteiger partial charge in [-0.2, -0.15) is 0 Å². The summed E-state index contributed by atoms with van der Waals surface area (Å²) < 4.78 is 1.94. The third-order valence-electron chi connectivity index (χ3n) is 3.43. The highest BCUT2D eigenvalue weighted by Crippen LogP contribution is 2.20. The van der Waals surface area contributed by atoms with Gasteiger partial charge in [0.2, 0.25) is 0 Å². The van der Waals surface area contributed by atoms with Crippen LogP contribution in [0.15, 0.2) is 41.8 Å². The number of rotatable bonds is 3. The highest BCUT2D eigenvalue weighted by molar-refractivity contribution is 7.09. The van der Waals surface area contributed by atoms with E-state index < -0.39 is 0 Å². The summed E-state index contributed by atoms with van der Waals surface area (Å²) in [6.07, 6.45) is 0. The fourth-order valence-electron chi connectivity index (χ4n) is 2.36. The van der Waals surface area contributed by atoms with Crippen LogP contribution in [-0.4, -0.2) is 10.5 Å². The van der Waals surface area contributed by atoms with Gasteiger partial charge >= 0.3 is 0 Å². The van der Waals surface area contributed by atoms with E-state index in [2.05, 4.69) is 30.4 Å². The molecule has 0 aliphatic heterocycles. The van der Waals surface area contributed by atoms with Gasteiger partial charge in [0.1, 0.15) is 5.69 Å². The average Bonchev–Trinajstić information content (AvgIpc) is 3.04. The van der Waals surface area contributed by atoms with E-state index in [1.165, 1.54) is 5.56 Å². The fraction of sp³-hybridized carbons (Fsp3) is 0.188. The van der Waals surface area contributed by atoms with Crippen LogP contribution in [0.3, 0.4) is 0 Å². The van der Waals surface area contributed by atoms with Gasteiger partial charge in [0.15, 0.2) is 0 Å². The highest BCUT2D eigenvalue weighted by Gasteiger charge is 2.13. The van der Waals surface area contributed by atoms with Crippen molar-refractivity contribution in [3.05, 3.63) is 57.9 Å². The molecular formula is C16H16N2OS. The summed E-state index contributed by atoms with van der Waals surface area (Å²) in [6.45, 7) is 2.64. The first-order valence-corrected chi connectivity index (χ1v) is 7.40. The highest BCUT2D eigenvalue weighted by atomic mass is 32.1. The minimum absolute atomic E-state index is 0.0326. The summed E-state index contributed by atoms with van der Waals surface area (Å²) in [5.41, 5.74) is 2.98. The molecule has 2 heterocycles. The normalized spacial score (nSPS) is 10.9. The van der Waals surface area contributed by atoms with Gasteiger partial charge in [0.05, 0.1) is 6.54 Å². The zero-order chi connectivity index (χ0) is 14.1. The Balaban J connectivity index is 1.85. The summed E-state index contributed by atoms with van der Waals surface area (Å²) in [6, 6.07) is 12.2. The van der Waals surface area contributed by atoms with Gasteiger partial charge in [-0.15, -0.1) is 11.3 Å². The summed E-state index contributed by atoms with van der Waals surface area (Å²) in [5.74, 6) is -0.0326. The zero-order valence-corrected chi connectivity index (χ0v) is 12.3. The van der Waals surface area contributed by atoms with Crippen LogP contribution in [0.25, 0.3) is 10.9 Å². The Hall–Kier alpha value is -2.07. The van der Waals surface area contributed by atoms with Crippen molar-refractivity contribution in [2.45, 2.75) is 13.5 Å². The molecule has 3 nitrogen and oxygen atoms in total. The van der Waals surface area contributed by atoms with Crippen LogP contribution in [-0.2, 0) is 13.6 Å². The van der Waals surface area contributed by atoms with Crippen LogP contribution in [0.1, 0.15) is 20.9 Å². The maximum absolute atomic E-state index is 12.3. The van der Waals surface area contributed by atoms with Crippen molar-refractivity contribution in [1.29, 1.82) is 0 Å². The number of benzene rings is 1. The second kappa shape index (κ2) is 5.13. The zero-order valence-electron chi connectivity index (χ0n) is 11.5. The number of carbonyl (C=O) groups is 1.